The van der Waals surface area contributed by atoms with Crippen LogP contribution in [0.1, 0.15) is 78.1 Å². The molecule has 0 aromatic carbocycles. The zero-order chi connectivity index (χ0) is 18.6. The third kappa shape index (κ3) is 4.07. The van der Waals surface area contributed by atoms with Crippen LogP contribution in [0.15, 0.2) is 0 Å². The van der Waals surface area contributed by atoms with E-state index in [4.69, 9.17) is 0 Å². The molecule has 0 bridgehead atoms. The zero-order valence-electron chi connectivity index (χ0n) is 16.7. The lowest BCUT2D eigenvalue weighted by Crippen LogP contribution is -2.55. The van der Waals surface area contributed by atoms with Crippen LogP contribution in [0, 0.1) is 11.8 Å². The van der Waals surface area contributed by atoms with Gasteiger partial charge >= 0.3 is 0 Å². The SMILES string of the molecule is CCCC[C@@H](CC)C(=O)N1CCC2(CC1)SCCN2C(=O)C1CCCC1. The summed E-state index contributed by atoms with van der Waals surface area (Å²) in [5.74, 6) is 2.27. The van der Waals surface area contributed by atoms with E-state index in [-0.39, 0.29) is 16.7 Å². The number of nitrogens with zero attached hydrogens (tertiary/aromatic N) is 2. The fourth-order valence-corrected chi connectivity index (χ4v) is 6.48. The number of hydrogen-bond donors (Lipinski definition) is 0. The van der Waals surface area contributed by atoms with E-state index in [1.165, 1.54) is 12.8 Å². The van der Waals surface area contributed by atoms with Crippen molar-refractivity contribution in [3.63, 3.8) is 0 Å². The van der Waals surface area contributed by atoms with Gasteiger partial charge in [0.1, 0.15) is 0 Å². The summed E-state index contributed by atoms with van der Waals surface area (Å²) in [5, 5.41) is 0. The van der Waals surface area contributed by atoms with Crippen LogP contribution in [0.2, 0.25) is 0 Å². The first-order valence-corrected chi connectivity index (χ1v) is 11.8. The molecule has 1 aliphatic carbocycles. The number of carbonyl (C=O) groups excluding carboxylic acids is 2. The number of likely N-dealkylation sites (tertiary alicyclic amines) is 1. The largest absolute Gasteiger partial charge is 0.342 e. The molecule has 1 saturated carbocycles. The molecule has 2 saturated heterocycles. The van der Waals surface area contributed by atoms with Crippen molar-refractivity contribution in [1.29, 1.82) is 0 Å². The highest BCUT2D eigenvalue weighted by Gasteiger charge is 2.48. The van der Waals surface area contributed by atoms with E-state index < -0.39 is 0 Å². The summed E-state index contributed by atoms with van der Waals surface area (Å²) in [7, 11) is 0. The third-order valence-electron chi connectivity index (χ3n) is 6.75. The van der Waals surface area contributed by atoms with Crippen LogP contribution in [-0.2, 0) is 9.59 Å². The highest BCUT2D eigenvalue weighted by Crippen LogP contribution is 2.45. The molecule has 2 aliphatic heterocycles. The van der Waals surface area contributed by atoms with Crippen molar-refractivity contribution in [3.05, 3.63) is 0 Å². The predicted octanol–water partition coefficient (Wildman–Crippen LogP) is 4.29. The number of rotatable bonds is 6. The van der Waals surface area contributed by atoms with E-state index in [2.05, 4.69) is 23.6 Å². The Labute approximate surface area is 163 Å². The van der Waals surface area contributed by atoms with Crippen molar-refractivity contribution in [1.82, 2.24) is 9.80 Å². The van der Waals surface area contributed by atoms with Crippen molar-refractivity contribution in [2.75, 3.05) is 25.4 Å². The van der Waals surface area contributed by atoms with Crippen LogP contribution in [0.3, 0.4) is 0 Å². The predicted molar refractivity (Wildman–Crippen MR) is 108 cm³/mol. The Hall–Kier alpha value is -0.710. The number of amides is 2. The van der Waals surface area contributed by atoms with Gasteiger partial charge in [0.25, 0.3) is 0 Å². The summed E-state index contributed by atoms with van der Waals surface area (Å²) in [4.78, 5) is 30.2. The minimum absolute atomic E-state index is 0.0262. The van der Waals surface area contributed by atoms with Gasteiger partial charge < -0.3 is 9.80 Å². The lowest BCUT2D eigenvalue weighted by Gasteiger charge is -2.45. The summed E-state index contributed by atoms with van der Waals surface area (Å²) in [6.45, 7) is 6.88. The van der Waals surface area contributed by atoms with Gasteiger partial charge in [-0.05, 0) is 38.5 Å². The van der Waals surface area contributed by atoms with Crippen molar-refractivity contribution >= 4 is 23.6 Å². The first-order chi connectivity index (χ1) is 12.6. The van der Waals surface area contributed by atoms with Gasteiger partial charge in [-0.15, -0.1) is 11.8 Å². The molecule has 26 heavy (non-hydrogen) atoms. The first-order valence-electron chi connectivity index (χ1n) is 10.9. The number of thioether (sulfide) groups is 1. The lowest BCUT2D eigenvalue weighted by atomic mass is 9.94. The van der Waals surface area contributed by atoms with Gasteiger partial charge in [-0.2, -0.15) is 0 Å². The molecular weight excluding hydrogens is 344 g/mol. The molecule has 2 amide bonds. The Balaban J connectivity index is 1.59. The second kappa shape index (κ2) is 8.99. The van der Waals surface area contributed by atoms with E-state index >= 15 is 0 Å². The number of hydrogen-bond acceptors (Lipinski definition) is 3. The summed E-state index contributed by atoms with van der Waals surface area (Å²) in [6, 6.07) is 0. The van der Waals surface area contributed by atoms with Gasteiger partial charge in [0.2, 0.25) is 11.8 Å². The van der Waals surface area contributed by atoms with Gasteiger partial charge in [-0.25, -0.2) is 0 Å². The maximum atomic E-state index is 13.0. The maximum absolute atomic E-state index is 13.0. The molecule has 0 N–H and O–H groups in total. The Morgan fingerprint density at radius 2 is 1.81 bits per heavy atom. The van der Waals surface area contributed by atoms with Gasteiger partial charge in [0, 0.05) is 37.2 Å². The van der Waals surface area contributed by atoms with Gasteiger partial charge in [0.15, 0.2) is 0 Å². The Kier molecular flexibility index (Phi) is 6.92. The molecule has 0 unspecified atom stereocenters. The fraction of sp³-hybridized carbons (Fsp3) is 0.905. The van der Waals surface area contributed by atoms with E-state index in [9.17, 15) is 9.59 Å². The molecule has 3 aliphatic rings. The molecule has 0 radical (unpaired) electrons. The first kappa shape index (κ1) is 20.0. The monoisotopic (exact) mass is 380 g/mol. The summed E-state index contributed by atoms with van der Waals surface area (Å²) in [6.07, 6.45) is 10.7. The highest BCUT2D eigenvalue weighted by atomic mass is 32.2. The average Bonchev–Trinajstić information content (AvgIpc) is 3.33. The topological polar surface area (TPSA) is 40.6 Å². The van der Waals surface area contributed by atoms with Gasteiger partial charge in [-0.1, -0.05) is 39.5 Å². The number of unbranched alkanes of at least 4 members (excludes halogenated alkanes) is 1. The normalized spacial score (nSPS) is 24.4. The third-order valence-corrected chi connectivity index (χ3v) is 8.31. The van der Waals surface area contributed by atoms with Crippen LogP contribution >= 0.6 is 11.8 Å². The van der Waals surface area contributed by atoms with Crippen molar-refractivity contribution in [2.45, 2.75) is 82.9 Å². The summed E-state index contributed by atoms with van der Waals surface area (Å²) in [5.41, 5.74) is 0. The van der Waals surface area contributed by atoms with Crippen LogP contribution in [0.25, 0.3) is 0 Å². The number of piperidine rings is 1. The fourth-order valence-electron chi connectivity index (χ4n) is 5.01. The molecule has 1 atom stereocenters. The van der Waals surface area contributed by atoms with Crippen LogP contribution in [-0.4, -0.2) is 51.9 Å². The van der Waals surface area contributed by atoms with Crippen molar-refractivity contribution in [2.24, 2.45) is 11.8 Å². The minimum atomic E-state index is -0.0262. The average molecular weight is 381 g/mol. The molecule has 3 fully saturated rings. The van der Waals surface area contributed by atoms with Crippen LogP contribution in [0.5, 0.6) is 0 Å². The van der Waals surface area contributed by atoms with Crippen LogP contribution < -0.4 is 0 Å². The quantitative estimate of drug-likeness (QED) is 0.690. The van der Waals surface area contributed by atoms with E-state index in [0.717, 1.165) is 76.8 Å². The van der Waals surface area contributed by atoms with E-state index in [1.807, 2.05) is 11.8 Å². The minimum Gasteiger partial charge on any atom is -0.342 e. The van der Waals surface area contributed by atoms with E-state index in [1.54, 1.807) is 0 Å². The Morgan fingerprint density at radius 1 is 1.12 bits per heavy atom. The molecular formula is C21H36N2O2S. The maximum Gasteiger partial charge on any atom is 0.226 e. The molecule has 0 aromatic rings. The molecule has 1 spiro atoms. The Morgan fingerprint density at radius 3 is 2.42 bits per heavy atom. The van der Waals surface area contributed by atoms with Crippen molar-refractivity contribution < 1.29 is 9.59 Å². The second-order valence-corrected chi connectivity index (χ2v) is 9.80. The Bertz CT molecular complexity index is 496. The smallest absolute Gasteiger partial charge is 0.226 e. The summed E-state index contributed by atoms with van der Waals surface area (Å²) >= 11 is 1.97. The van der Waals surface area contributed by atoms with E-state index in [0.29, 0.717) is 11.8 Å². The molecule has 4 nitrogen and oxygen atoms in total. The van der Waals surface area contributed by atoms with Crippen LogP contribution in [0.4, 0.5) is 0 Å². The van der Waals surface area contributed by atoms with Gasteiger partial charge in [0.05, 0.1) is 4.87 Å². The molecule has 148 valence electrons. The second-order valence-electron chi connectivity index (χ2n) is 8.34. The molecule has 3 rings (SSSR count). The molecule has 2 heterocycles. The molecule has 0 aromatic heterocycles. The summed E-state index contributed by atoms with van der Waals surface area (Å²) < 4.78 is 0. The standard InChI is InChI=1S/C21H36N2O2S/c1-3-5-8-17(4-2)19(24)22-13-11-21(12-14-22)23(15-16-26-21)20(25)18-9-6-7-10-18/h17-18H,3-16H2,1-2H3/t17-/m1/s1. The zero-order valence-corrected chi connectivity index (χ0v) is 17.5. The highest BCUT2D eigenvalue weighted by molar-refractivity contribution is 8.00. The lowest BCUT2D eigenvalue weighted by molar-refractivity contribution is -0.141. The molecule has 5 heteroatoms. The van der Waals surface area contributed by atoms with Crippen molar-refractivity contribution in [3.8, 4) is 0 Å². The number of carbonyl (C=O) groups is 2. The van der Waals surface area contributed by atoms with Gasteiger partial charge in [-0.3, -0.25) is 9.59 Å².